The van der Waals surface area contributed by atoms with Gasteiger partial charge >= 0.3 is 5.97 Å². The monoisotopic (exact) mass is 339 g/mol. The topological polar surface area (TPSA) is 64.6 Å². The highest BCUT2D eigenvalue weighted by Gasteiger charge is 2.42. The summed E-state index contributed by atoms with van der Waals surface area (Å²) in [4.78, 5) is 25.1. The van der Waals surface area contributed by atoms with Gasteiger partial charge in [-0.25, -0.2) is 4.79 Å². The number of carbonyl (C=O) groups is 2. The van der Waals surface area contributed by atoms with Gasteiger partial charge in [0.25, 0.3) is 5.91 Å². The average molecular weight is 339 g/mol. The van der Waals surface area contributed by atoms with E-state index in [4.69, 9.17) is 9.47 Å². The molecule has 2 aromatic carbocycles. The summed E-state index contributed by atoms with van der Waals surface area (Å²) in [5, 5.41) is 2.84. The first-order valence-electron chi connectivity index (χ1n) is 8.38. The van der Waals surface area contributed by atoms with Gasteiger partial charge < -0.3 is 14.8 Å². The molecule has 0 aromatic heterocycles. The van der Waals surface area contributed by atoms with Crippen molar-refractivity contribution in [2.24, 2.45) is 0 Å². The van der Waals surface area contributed by atoms with E-state index in [2.05, 4.69) is 5.32 Å². The largest absolute Gasteiger partial charge is 0.491 e. The minimum atomic E-state index is -1.26. The van der Waals surface area contributed by atoms with Gasteiger partial charge in [-0.2, -0.15) is 0 Å². The highest BCUT2D eigenvalue weighted by molar-refractivity contribution is 6.03. The molecule has 0 saturated heterocycles. The van der Waals surface area contributed by atoms with E-state index in [1.165, 1.54) is 0 Å². The van der Waals surface area contributed by atoms with Crippen LogP contribution >= 0.6 is 0 Å². The number of nitrogens with one attached hydrogen (secondary N) is 1. The molecule has 0 fully saturated rings. The summed E-state index contributed by atoms with van der Waals surface area (Å²) >= 11 is 0. The molecule has 3 rings (SSSR count). The molecule has 5 heteroatoms. The molecule has 0 radical (unpaired) electrons. The average Bonchev–Trinajstić information content (AvgIpc) is 2.61. The van der Waals surface area contributed by atoms with E-state index < -0.39 is 11.6 Å². The van der Waals surface area contributed by atoms with Crippen LogP contribution < -0.4 is 10.1 Å². The minimum Gasteiger partial charge on any atom is -0.491 e. The van der Waals surface area contributed by atoms with Crippen LogP contribution in [0.25, 0.3) is 0 Å². The first-order chi connectivity index (χ1) is 12.0. The van der Waals surface area contributed by atoms with Gasteiger partial charge in [0.05, 0.1) is 17.9 Å². The number of para-hydroxylation sites is 2. The summed E-state index contributed by atoms with van der Waals surface area (Å²) < 4.78 is 11.1. The summed E-state index contributed by atoms with van der Waals surface area (Å²) in [6, 6.07) is 14.4. The predicted octanol–water partition coefficient (Wildman–Crippen LogP) is 3.59. The first kappa shape index (κ1) is 17.0. The molecular weight excluding hydrogens is 318 g/mol. The van der Waals surface area contributed by atoms with Gasteiger partial charge in [0.1, 0.15) is 5.75 Å². The van der Waals surface area contributed by atoms with E-state index in [1.807, 2.05) is 31.2 Å². The van der Waals surface area contributed by atoms with Crippen LogP contribution in [0.5, 0.6) is 5.75 Å². The molecule has 2 aromatic rings. The van der Waals surface area contributed by atoms with Crippen molar-refractivity contribution in [1.82, 2.24) is 0 Å². The second kappa shape index (κ2) is 6.97. The van der Waals surface area contributed by atoms with Gasteiger partial charge in [-0.05, 0) is 37.1 Å². The van der Waals surface area contributed by atoms with Gasteiger partial charge in [-0.15, -0.1) is 0 Å². The third-order valence-electron chi connectivity index (χ3n) is 4.16. The predicted molar refractivity (Wildman–Crippen MR) is 94.8 cm³/mol. The molecule has 1 aliphatic rings. The maximum atomic E-state index is 12.8. The Hall–Kier alpha value is -2.82. The fourth-order valence-electron chi connectivity index (χ4n) is 2.82. The number of anilines is 1. The van der Waals surface area contributed by atoms with Gasteiger partial charge in [-0.3, -0.25) is 4.79 Å². The molecule has 1 atom stereocenters. The molecule has 1 N–H and O–H groups in total. The van der Waals surface area contributed by atoms with Gasteiger partial charge in [0.15, 0.2) is 5.60 Å². The number of esters is 1. The highest BCUT2D eigenvalue weighted by Crippen LogP contribution is 2.31. The Labute approximate surface area is 147 Å². The highest BCUT2D eigenvalue weighted by atomic mass is 16.6. The second-order valence-corrected chi connectivity index (χ2v) is 6.25. The molecule has 1 amide bonds. The molecule has 1 aliphatic heterocycles. The number of hydrogen-bond donors (Lipinski definition) is 1. The van der Waals surface area contributed by atoms with E-state index in [-0.39, 0.29) is 5.91 Å². The van der Waals surface area contributed by atoms with Crippen LogP contribution in [0.15, 0.2) is 48.5 Å². The van der Waals surface area contributed by atoms with E-state index in [1.54, 1.807) is 31.2 Å². The lowest BCUT2D eigenvalue weighted by Crippen LogP contribution is -2.48. The Morgan fingerprint density at radius 3 is 2.72 bits per heavy atom. The number of cyclic esters (lactones) is 1. The summed E-state index contributed by atoms with van der Waals surface area (Å²) in [5.41, 5.74) is 0.631. The summed E-state index contributed by atoms with van der Waals surface area (Å²) in [6.07, 6.45) is 1.20. The molecule has 0 spiro atoms. The molecular formula is C20H21NO4. The Morgan fingerprint density at radius 2 is 1.92 bits per heavy atom. The van der Waals surface area contributed by atoms with E-state index >= 15 is 0 Å². The van der Waals surface area contributed by atoms with Crippen LogP contribution in [0.3, 0.4) is 0 Å². The van der Waals surface area contributed by atoms with Crippen molar-refractivity contribution in [3.63, 3.8) is 0 Å². The maximum Gasteiger partial charge on any atom is 0.339 e. The summed E-state index contributed by atoms with van der Waals surface area (Å²) in [6.45, 7) is 4.21. The van der Waals surface area contributed by atoms with Crippen LogP contribution in [-0.2, 0) is 16.0 Å². The normalized spacial score (nSPS) is 18.9. The van der Waals surface area contributed by atoms with Crippen LogP contribution in [-0.4, -0.2) is 24.1 Å². The van der Waals surface area contributed by atoms with Crippen LogP contribution in [0.2, 0.25) is 0 Å². The molecule has 25 heavy (non-hydrogen) atoms. The van der Waals surface area contributed by atoms with E-state index in [9.17, 15) is 9.59 Å². The van der Waals surface area contributed by atoms with Crippen LogP contribution in [0, 0.1) is 0 Å². The number of fused-ring (bicyclic) bond motifs is 1. The Bertz CT molecular complexity index is 802. The third kappa shape index (κ3) is 3.50. The van der Waals surface area contributed by atoms with Crippen molar-refractivity contribution < 1.29 is 19.1 Å². The van der Waals surface area contributed by atoms with Gasteiger partial charge in [-0.1, -0.05) is 37.3 Å². The van der Waals surface area contributed by atoms with Crippen molar-refractivity contribution >= 4 is 17.6 Å². The molecule has 130 valence electrons. The van der Waals surface area contributed by atoms with Crippen molar-refractivity contribution in [1.29, 1.82) is 0 Å². The van der Waals surface area contributed by atoms with Crippen molar-refractivity contribution in [3.05, 3.63) is 59.7 Å². The second-order valence-electron chi connectivity index (χ2n) is 6.25. The molecule has 0 bridgehead atoms. The Morgan fingerprint density at radius 1 is 1.20 bits per heavy atom. The first-order valence-corrected chi connectivity index (χ1v) is 8.38. The number of ether oxygens (including phenoxy) is 2. The smallest absolute Gasteiger partial charge is 0.339 e. The fraction of sp³-hybridized carbons (Fsp3) is 0.300. The minimum absolute atomic E-state index is 0.332. The Balaban J connectivity index is 1.81. The summed E-state index contributed by atoms with van der Waals surface area (Å²) in [5.74, 6) is -0.248. The number of hydrogen-bond acceptors (Lipinski definition) is 4. The van der Waals surface area contributed by atoms with Crippen LogP contribution in [0.1, 0.15) is 36.2 Å². The number of amides is 1. The van der Waals surface area contributed by atoms with E-state index in [0.717, 1.165) is 12.0 Å². The standard InChI is InChI=1S/C20H21NO4/c1-3-12-24-17-11-7-6-10-16(17)21-19(23)20(2)13-14-8-4-5-9-15(14)18(22)25-20/h4-11H,3,12-13H2,1-2H3,(H,21,23). The lowest BCUT2D eigenvalue weighted by molar-refractivity contribution is -0.134. The number of benzene rings is 2. The van der Waals surface area contributed by atoms with Crippen molar-refractivity contribution in [2.75, 3.05) is 11.9 Å². The third-order valence-corrected chi connectivity index (χ3v) is 4.16. The zero-order chi connectivity index (χ0) is 17.9. The lowest BCUT2D eigenvalue weighted by atomic mass is 9.89. The fourth-order valence-corrected chi connectivity index (χ4v) is 2.82. The molecule has 0 aliphatic carbocycles. The van der Waals surface area contributed by atoms with Crippen molar-refractivity contribution in [2.45, 2.75) is 32.3 Å². The lowest BCUT2D eigenvalue weighted by Gasteiger charge is -2.33. The summed E-state index contributed by atoms with van der Waals surface area (Å²) in [7, 11) is 0. The van der Waals surface area contributed by atoms with Gasteiger partial charge in [0.2, 0.25) is 0 Å². The molecule has 5 nitrogen and oxygen atoms in total. The maximum absolute atomic E-state index is 12.8. The number of carbonyl (C=O) groups excluding carboxylic acids is 2. The van der Waals surface area contributed by atoms with E-state index in [0.29, 0.717) is 30.0 Å². The zero-order valence-electron chi connectivity index (χ0n) is 14.4. The van der Waals surface area contributed by atoms with Crippen molar-refractivity contribution in [3.8, 4) is 5.75 Å². The SMILES string of the molecule is CCCOc1ccccc1NC(=O)C1(C)Cc2ccccc2C(=O)O1. The molecule has 0 saturated carbocycles. The Kier molecular flexibility index (Phi) is 4.74. The molecule has 1 heterocycles. The van der Waals surface area contributed by atoms with Crippen LogP contribution in [0.4, 0.5) is 5.69 Å². The van der Waals surface area contributed by atoms with Gasteiger partial charge in [0, 0.05) is 6.42 Å². The quantitative estimate of drug-likeness (QED) is 0.846. The molecule has 1 unspecified atom stereocenters. The number of rotatable bonds is 5. The zero-order valence-corrected chi connectivity index (χ0v) is 14.4.